The van der Waals surface area contributed by atoms with Crippen LogP contribution in [0.3, 0.4) is 0 Å². The lowest BCUT2D eigenvalue weighted by Crippen LogP contribution is -2.12. The lowest BCUT2D eigenvalue weighted by molar-refractivity contribution is 0.102. The molecule has 4 rings (SSSR count). The number of amides is 1. The minimum Gasteiger partial charge on any atom is -0.296 e. The number of halogens is 1. The van der Waals surface area contributed by atoms with E-state index in [1.807, 2.05) is 54.6 Å². The fourth-order valence-electron chi connectivity index (χ4n) is 2.66. The van der Waals surface area contributed by atoms with Gasteiger partial charge in [0, 0.05) is 21.2 Å². The molecule has 144 valence electrons. The molecule has 0 atom stereocenters. The molecular formula is C22H16ClN3OS2. The predicted molar refractivity (Wildman–Crippen MR) is 121 cm³/mol. The number of hydrogen-bond donors (Lipinski definition) is 1. The predicted octanol–water partition coefficient (Wildman–Crippen LogP) is 6.40. The van der Waals surface area contributed by atoms with Crippen molar-refractivity contribution < 1.29 is 4.79 Å². The third-order valence-corrected chi connectivity index (χ3v) is 6.39. The number of nitrogens with zero attached hydrogens (tertiary/aromatic N) is 2. The molecule has 0 fully saturated rings. The van der Waals surface area contributed by atoms with Gasteiger partial charge in [0.1, 0.15) is 5.01 Å². The van der Waals surface area contributed by atoms with E-state index in [-0.39, 0.29) is 5.91 Å². The summed E-state index contributed by atoms with van der Waals surface area (Å²) in [6.45, 7) is 0. The van der Waals surface area contributed by atoms with Crippen LogP contribution in [0.15, 0.2) is 83.8 Å². The number of aromatic nitrogens is 2. The summed E-state index contributed by atoms with van der Waals surface area (Å²) in [5, 5.41) is 13.0. The molecule has 4 nitrogen and oxygen atoms in total. The Bertz CT molecular complexity index is 1110. The zero-order valence-electron chi connectivity index (χ0n) is 15.2. The second kappa shape index (κ2) is 9.22. The second-order valence-electron chi connectivity index (χ2n) is 6.14. The summed E-state index contributed by atoms with van der Waals surface area (Å²) in [7, 11) is 0. The van der Waals surface area contributed by atoms with Gasteiger partial charge in [0.25, 0.3) is 5.91 Å². The summed E-state index contributed by atoms with van der Waals surface area (Å²) >= 11 is 8.89. The van der Waals surface area contributed by atoms with E-state index in [0.717, 1.165) is 21.2 Å². The molecule has 1 N–H and O–H groups in total. The molecule has 0 radical (unpaired) electrons. The first-order valence-electron chi connectivity index (χ1n) is 8.85. The molecule has 0 unspecified atom stereocenters. The minimum absolute atomic E-state index is 0.194. The number of anilines is 1. The molecule has 0 saturated carbocycles. The average Bonchev–Trinajstić information content (AvgIpc) is 3.22. The maximum absolute atomic E-state index is 12.8. The van der Waals surface area contributed by atoms with Gasteiger partial charge in [-0.15, -0.1) is 22.0 Å². The summed E-state index contributed by atoms with van der Waals surface area (Å²) in [6, 6.07) is 25.1. The number of nitrogens with one attached hydrogen (secondary N) is 1. The molecule has 0 saturated heterocycles. The van der Waals surface area contributed by atoms with Crippen molar-refractivity contribution in [2.45, 2.75) is 10.6 Å². The molecule has 0 aliphatic carbocycles. The molecule has 1 aromatic heterocycles. The molecule has 1 heterocycles. The van der Waals surface area contributed by atoms with E-state index in [4.69, 9.17) is 11.6 Å². The molecule has 0 bridgehead atoms. The van der Waals surface area contributed by atoms with Crippen molar-refractivity contribution in [3.8, 4) is 10.6 Å². The molecule has 3 aromatic carbocycles. The molecule has 0 aliphatic rings. The van der Waals surface area contributed by atoms with Crippen LogP contribution in [0.1, 0.15) is 15.9 Å². The summed E-state index contributed by atoms with van der Waals surface area (Å²) in [6.07, 6.45) is 0. The van der Waals surface area contributed by atoms with E-state index in [9.17, 15) is 4.79 Å². The van der Waals surface area contributed by atoms with Gasteiger partial charge in [-0.1, -0.05) is 77.5 Å². The van der Waals surface area contributed by atoms with Crippen LogP contribution < -0.4 is 5.32 Å². The van der Waals surface area contributed by atoms with Crippen molar-refractivity contribution in [1.82, 2.24) is 10.2 Å². The van der Waals surface area contributed by atoms with Crippen LogP contribution in [-0.4, -0.2) is 16.1 Å². The van der Waals surface area contributed by atoms with Crippen LogP contribution in [-0.2, 0) is 5.75 Å². The fourth-order valence-corrected chi connectivity index (χ4v) is 4.54. The summed E-state index contributed by atoms with van der Waals surface area (Å²) in [5.41, 5.74) is 2.74. The van der Waals surface area contributed by atoms with Gasteiger partial charge in [-0.25, -0.2) is 0 Å². The van der Waals surface area contributed by atoms with Crippen molar-refractivity contribution in [3.63, 3.8) is 0 Å². The Balaban J connectivity index is 1.47. The van der Waals surface area contributed by atoms with Crippen molar-refractivity contribution in [2.24, 2.45) is 0 Å². The van der Waals surface area contributed by atoms with E-state index in [2.05, 4.69) is 27.6 Å². The number of rotatable bonds is 6. The monoisotopic (exact) mass is 437 g/mol. The zero-order valence-corrected chi connectivity index (χ0v) is 17.6. The van der Waals surface area contributed by atoms with Crippen molar-refractivity contribution in [2.75, 3.05) is 5.32 Å². The third kappa shape index (κ3) is 5.03. The highest BCUT2D eigenvalue weighted by molar-refractivity contribution is 7.98. The lowest BCUT2D eigenvalue weighted by atomic mass is 10.2. The quantitative estimate of drug-likeness (QED) is 0.354. The van der Waals surface area contributed by atoms with Gasteiger partial charge in [-0.3, -0.25) is 10.1 Å². The Hall–Kier alpha value is -2.67. The van der Waals surface area contributed by atoms with Crippen LogP contribution >= 0.6 is 34.7 Å². The Labute approximate surface area is 182 Å². The Kier molecular flexibility index (Phi) is 6.24. The maximum atomic E-state index is 12.8. The number of thioether (sulfide) groups is 1. The lowest BCUT2D eigenvalue weighted by Gasteiger charge is -2.08. The molecule has 7 heteroatoms. The van der Waals surface area contributed by atoms with E-state index in [0.29, 0.717) is 15.7 Å². The number of hydrogen-bond acceptors (Lipinski definition) is 5. The van der Waals surface area contributed by atoms with Gasteiger partial charge in [0.2, 0.25) is 5.13 Å². The zero-order chi connectivity index (χ0) is 20.1. The standard InChI is InChI=1S/C22H16ClN3OS2/c23-17-12-10-16(11-13-17)21-25-26-22(29-21)24-20(27)18-8-4-5-9-19(18)28-14-15-6-2-1-3-7-15/h1-13H,14H2,(H,24,26,27). The summed E-state index contributed by atoms with van der Waals surface area (Å²) in [4.78, 5) is 13.8. The highest BCUT2D eigenvalue weighted by Crippen LogP contribution is 2.29. The van der Waals surface area contributed by atoms with E-state index in [1.165, 1.54) is 16.9 Å². The average molecular weight is 438 g/mol. The van der Waals surface area contributed by atoms with Crippen LogP contribution in [0.25, 0.3) is 10.6 Å². The SMILES string of the molecule is O=C(Nc1nnc(-c2ccc(Cl)cc2)s1)c1ccccc1SCc1ccccc1. The first-order valence-corrected chi connectivity index (χ1v) is 11.0. The van der Waals surface area contributed by atoms with Crippen LogP contribution in [0.4, 0.5) is 5.13 Å². The molecule has 1 amide bonds. The van der Waals surface area contributed by atoms with Crippen LogP contribution in [0, 0.1) is 0 Å². The molecule has 0 aliphatic heterocycles. The van der Waals surface area contributed by atoms with Gasteiger partial charge in [0.15, 0.2) is 0 Å². The van der Waals surface area contributed by atoms with Crippen molar-refractivity contribution >= 4 is 45.7 Å². The number of carbonyl (C=O) groups excluding carboxylic acids is 1. The number of benzene rings is 3. The van der Waals surface area contributed by atoms with Gasteiger partial charge in [-0.05, 0) is 29.8 Å². The summed E-state index contributed by atoms with van der Waals surface area (Å²) < 4.78 is 0. The molecule has 29 heavy (non-hydrogen) atoms. The van der Waals surface area contributed by atoms with Gasteiger partial charge in [0.05, 0.1) is 5.56 Å². The maximum Gasteiger partial charge on any atom is 0.258 e. The van der Waals surface area contributed by atoms with Crippen molar-refractivity contribution in [1.29, 1.82) is 0 Å². The van der Waals surface area contributed by atoms with Gasteiger partial charge >= 0.3 is 0 Å². The molecule has 0 spiro atoms. The normalized spacial score (nSPS) is 10.7. The smallest absolute Gasteiger partial charge is 0.258 e. The molecular weight excluding hydrogens is 422 g/mol. The van der Waals surface area contributed by atoms with Gasteiger partial charge < -0.3 is 0 Å². The van der Waals surface area contributed by atoms with Gasteiger partial charge in [-0.2, -0.15) is 0 Å². The van der Waals surface area contributed by atoms with Crippen LogP contribution in [0.5, 0.6) is 0 Å². The summed E-state index contributed by atoms with van der Waals surface area (Å²) in [5.74, 6) is 0.602. The Morgan fingerprint density at radius 1 is 0.931 bits per heavy atom. The third-order valence-electron chi connectivity index (χ3n) is 4.11. The first kappa shape index (κ1) is 19.6. The van der Waals surface area contributed by atoms with Crippen molar-refractivity contribution in [3.05, 3.63) is 95.0 Å². The minimum atomic E-state index is -0.194. The number of carbonyl (C=O) groups is 1. The highest BCUT2D eigenvalue weighted by Gasteiger charge is 2.15. The first-order chi connectivity index (χ1) is 14.2. The van der Waals surface area contributed by atoms with Crippen LogP contribution in [0.2, 0.25) is 5.02 Å². The van der Waals surface area contributed by atoms with E-state index >= 15 is 0 Å². The Morgan fingerprint density at radius 3 is 2.45 bits per heavy atom. The fraction of sp³-hybridized carbons (Fsp3) is 0.0455. The van der Waals surface area contributed by atoms with E-state index < -0.39 is 0 Å². The topological polar surface area (TPSA) is 54.9 Å². The van der Waals surface area contributed by atoms with E-state index in [1.54, 1.807) is 23.9 Å². The second-order valence-corrected chi connectivity index (χ2v) is 8.57. The molecule has 4 aromatic rings. The Morgan fingerprint density at radius 2 is 1.66 bits per heavy atom. The highest BCUT2D eigenvalue weighted by atomic mass is 35.5. The largest absolute Gasteiger partial charge is 0.296 e.